The van der Waals surface area contributed by atoms with Crippen LogP contribution in [0.25, 0.3) is 0 Å². The van der Waals surface area contributed by atoms with Crippen LogP contribution in [0.1, 0.15) is 48.2 Å². The average Bonchev–Trinajstić information content (AvgIpc) is 2.64. The summed E-state index contributed by atoms with van der Waals surface area (Å²) in [4.78, 5) is 20.7. The Morgan fingerprint density at radius 2 is 1.83 bits per heavy atom. The van der Waals surface area contributed by atoms with Crippen molar-refractivity contribution in [2.24, 2.45) is 0 Å². The lowest BCUT2D eigenvalue weighted by atomic mass is 9.95. The van der Waals surface area contributed by atoms with Crippen molar-refractivity contribution in [3.8, 4) is 0 Å². The van der Waals surface area contributed by atoms with Crippen LogP contribution >= 0.6 is 0 Å². The lowest BCUT2D eigenvalue weighted by Gasteiger charge is -2.22. The third-order valence-corrected chi connectivity index (χ3v) is 4.39. The first-order chi connectivity index (χ1) is 11.8. The monoisotopic (exact) mass is 324 g/mol. The first-order valence-electron chi connectivity index (χ1n) is 8.72. The molecule has 1 aliphatic carbocycles. The van der Waals surface area contributed by atoms with Gasteiger partial charge in [-0.2, -0.15) is 0 Å². The molecule has 0 atom stereocenters. The Labute approximate surface area is 142 Å². The number of rotatable bonds is 6. The molecule has 1 heterocycles. The van der Waals surface area contributed by atoms with Gasteiger partial charge in [0.25, 0.3) is 5.91 Å². The van der Waals surface area contributed by atoms with Gasteiger partial charge in [0.15, 0.2) is 0 Å². The van der Waals surface area contributed by atoms with Gasteiger partial charge in [-0.25, -0.2) is 9.97 Å². The van der Waals surface area contributed by atoms with Crippen LogP contribution in [-0.4, -0.2) is 28.5 Å². The largest absolute Gasteiger partial charge is 0.368 e. The van der Waals surface area contributed by atoms with Gasteiger partial charge in [-0.05, 0) is 24.8 Å². The predicted octanol–water partition coefficient (Wildman–Crippen LogP) is 3.19. The van der Waals surface area contributed by atoms with E-state index in [0.717, 1.165) is 25.8 Å². The highest BCUT2D eigenvalue weighted by Gasteiger charge is 2.17. The first kappa shape index (κ1) is 16.4. The molecule has 0 spiro atoms. The molecule has 24 heavy (non-hydrogen) atoms. The molecule has 2 N–H and O–H groups in total. The van der Waals surface area contributed by atoms with Crippen LogP contribution in [0, 0.1) is 0 Å². The minimum absolute atomic E-state index is 0.120. The summed E-state index contributed by atoms with van der Waals surface area (Å²) < 4.78 is 0. The lowest BCUT2D eigenvalue weighted by molar-refractivity contribution is 0.0922. The maximum atomic E-state index is 12.2. The third-order valence-electron chi connectivity index (χ3n) is 4.39. The molecule has 0 radical (unpaired) electrons. The van der Waals surface area contributed by atoms with Gasteiger partial charge in [0.1, 0.15) is 11.5 Å². The van der Waals surface area contributed by atoms with Crippen LogP contribution < -0.4 is 10.6 Å². The summed E-state index contributed by atoms with van der Waals surface area (Å²) in [5, 5.41) is 6.29. The fourth-order valence-electron chi connectivity index (χ4n) is 3.02. The Hall–Kier alpha value is -2.43. The number of hydrogen-bond donors (Lipinski definition) is 2. The minimum Gasteiger partial charge on any atom is -0.368 e. The molecule has 3 rings (SSSR count). The van der Waals surface area contributed by atoms with Crippen LogP contribution in [0.2, 0.25) is 0 Å². The number of aromatic nitrogens is 2. The molecule has 1 saturated carbocycles. The van der Waals surface area contributed by atoms with Gasteiger partial charge in [-0.1, -0.05) is 49.6 Å². The van der Waals surface area contributed by atoms with Crippen molar-refractivity contribution in [3.05, 3.63) is 54.0 Å². The van der Waals surface area contributed by atoms with Crippen LogP contribution in [0.15, 0.2) is 42.7 Å². The fraction of sp³-hybridized carbons (Fsp3) is 0.421. The first-order valence-corrected chi connectivity index (χ1v) is 8.72. The van der Waals surface area contributed by atoms with E-state index in [-0.39, 0.29) is 11.9 Å². The van der Waals surface area contributed by atoms with Crippen LogP contribution in [0.3, 0.4) is 0 Å². The molecule has 5 nitrogen and oxygen atoms in total. The van der Waals surface area contributed by atoms with Crippen molar-refractivity contribution >= 4 is 11.7 Å². The lowest BCUT2D eigenvalue weighted by Crippen LogP contribution is -2.36. The van der Waals surface area contributed by atoms with Gasteiger partial charge in [0.05, 0.1) is 12.4 Å². The SMILES string of the molecule is O=C(NC1CCCCC1)c1cnc(NCCc2ccccc2)cn1. The van der Waals surface area contributed by atoms with Gasteiger partial charge in [0.2, 0.25) is 0 Å². The Morgan fingerprint density at radius 3 is 2.54 bits per heavy atom. The number of amides is 1. The second-order valence-corrected chi connectivity index (χ2v) is 6.26. The van der Waals surface area contributed by atoms with Crippen LogP contribution in [0.5, 0.6) is 0 Å². The second-order valence-electron chi connectivity index (χ2n) is 6.26. The normalized spacial score (nSPS) is 15.0. The maximum absolute atomic E-state index is 12.2. The topological polar surface area (TPSA) is 66.9 Å². The molecule has 1 fully saturated rings. The molecule has 2 aromatic rings. The molecule has 1 amide bonds. The summed E-state index contributed by atoms with van der Waals surface area (Å²) in [6.45, 7) is 0.784. The van der Waals surface area contributed by atoms with E-state index >= 15 is 0 Å². The zero-order chi connectivity index (χ0) is 16.6. The average molecular weight is 324 g/mol. The van der Waals surface area contributed by atoms with E-state index in [9.17, 15) is 4.79 Å². The number of carbonyl (C=O) groups excluding carboxylic acids is 1. The molecule has 1 aromatic heterocycles. The zero-order valence-corrected chi connectivity index (χ0v) is 13.9. The molecular weight excluding hydrogens is 300 g/mol. The Kier molecular flexibility index (Phi) is 5.77. The highest BCUT2D eigenvalue weighted by atomic mass is 16.1. The molecule has 0 saturated heterocycles. The number of benzene rings is 1. The van der Waals surface area contributed by atoms with Gasteiger partial charge >= 0.3 is 0 Å². The zero-order valence-electron chi connectivity index (χ0n) is 13.9. The van der Waals surface area contributed by atoms with Crippen LogP contribution in [0.4, 0.5) is 5.82 Å². The van der Waals surface area contributed by atoms with E-state index < -0.39 is 0 Å². The van der Waals surface area contributed by atoms with Crippen molar-refractivity contribution in [2.45, 2.75) is 44.6 Å². The van der Waals surface area contributed by atoms with E-state index in [4.69, 9.17) is 0 Å². The Morgan fingerprint density at radius 1 is 1.04 bits per heavy atom. The van der Waals surface area contributed by atoms with Crippen LogP contribution in [-0.2, 0) is 6.42 Å². The Balaban J connectivity index is 1.46. The number of carbonyl (C=O) groups is 1. The third kappa shape index (κ3) is 4.78. The smallest absolute Gasteiger partial charge is 0.271 e. The number of nitrogens with one attached hydrogen (secondary N) is 2. The quantitative estimate of drug-likeness (QED) is 0.856. The number of hydrogen-bond acceptors (Lipinski definition) is 4. The standard InChI is InChI=1S/C19H24N4O/c24-19(23-16-9-5-2-6-10-16)17-13-22-18(14-21-17)20-12-11-15-7-3-1-4-8-15/h1,3-4,7-8,13-14,16H,2,5-6,9-12H2,(H,20,22)(H,23,24). The summed E-state index contributed by atoms with van der Waals surface area (Å²) in [6, 6.07) is 10.6. The van der Waals surface area contributed by atoms with Crippen molar-refractivity contribution in [3.63, 3.8) is 0 Å². The molecule has 1 aliphatic rings. The van der Waals surface area contributed by atoms with Crippen molar-refractivity contribution in [1.29, 1.82) is 0 Å². The summed E-state index contributed by atoms with van der Waals surface area (Å²) in [5.41, 5.74) is 1.66. The van der Waals surface area contributed by atoms with E-state index in [1.807, 2.05) is 18.2 Å². The predicted molar refractivity (Wildman–Crippen MR) is 95.0 cm³/mol. The summed E-state index contributed by atoms with van der Waals surface area (Å²) in [7, 11) is 0. The van der Waals surface area contributed by atoms with Gasteiger partial charge in [0, 0.05) is 12.6 Å². The van der Waals surface area contributed by atoms with Gasteiger partial charge in [-0.3, -0.25) is 4.79 Å². The maximum Gasteiger partial charge on any atom is 0.271 e. The van der Waals surface area contributed by atoms with Crippen molar-refractivity contribution in [1.82, 2.24) is 15.3 Å². The van der Waals surface area contributed by atoms with Gasteiger partial charge < -0.3 is 10.6 Å². The fourth-order valence-corrected chi connectivity index (χ4v) is 3.02. The minimum atomic E-state index is -0.120. The van der Waals surface area contributed by atoms with E-state index in [2.05, 4.69) is 32.7 Å². The second kappa shape index (κ2) is 8.43. The van der Waals surface area contributed by atoms with Crippen molar-refractivity contribution < 1.29 is 4.79 Å². The summed E-state index contributed by atoms with van der Waals surface area (Å²) >= 11 is 0. The summed E-state index contributed by atoms with van der Waals surface area (Å²) in [6.07, 6.45) is 9.89. The highest BCUT2D eigenvalue weighted by molar-refractivity contribution is 5.92. The molecule has 5 heteroatoms. The molecular formula is C19H24N4O. The Bertz CT molecular complexity index is 636. The summed E-state index contributed by atoms with van der Waals surface area (Å²) in [5.74, 6) is 0.574. The van der Waals surface area contributed by atoms with E-state index in [1.54, 1.807) is 12.4 Å². The van der Waals surface area contributed by atoms with Gasteiger partial charge in [-0.15, -0.1) is 0 Å². The molecule has 0 bridgehead atoms. The molecule has 0 unspecified atom stereocenters. The molecule has 0 aliphatic heterocycles. The number of nitrogens with zero attached hydrogens (tertiary/aromatic N) is 2. The van der Waals surface area contributed by atoms with Crippen molar-refractivity contribution in [2.75, 3.05) is 11.9 Å². The molecule has 1 aromatic carbocycles. The number of anilines is 1. The molecule has 126 valence electrons. The highest BCUT2D eigenvalue weighted by Crippen LogP contribution is 2.17. The van der Waals surface area contributed by atoms with E-state index in [1.165, 1.54) is 24.8 Å². The van der Waals surface area contributed by atoms with E-state index in [0.29, 0.717) is 11.5 Å².